The van der Waals surface area contributed by atoms with Crippen molar-refractivity contribution in [3.63, 3.8) is 0 Å². The standard InChI is InChI=1S/C14H20N2O3S/c17-10-2-1-5-13(18)15-6-8-16(9-7-15)14(19)12-4-3-11-20-12/h3-4,11,17H,1-2,5-10H2. The van der Waals surface area contributed by atoms with Crippen LogP contribution in [0.4, 0.5) is 0 Å². The Balaban J connectivity index is 1.77. The molecule has 1 fully saturated rings. The second-order valence-corrected chi connectivity index (χ2v) is 5.78. The molecule has 1 aromatic rings. The molecule has 0 bridgehead atoms. The zero-order valence-corrected chi connectivity index (χ0v) is 12.3. The van der Waals surface area contributed by atoms with Crippen molar-refractivity contribution in [2.75, 3.05) is 32.8 Å². The summed E-state index contributed by atoms with van der Waals surface area (Å²) in [6.45, 7) is 2.55. The van der Waals surface area contributed by atoms with Gasteiger partial charge in [0.1, 0.15) is 0 Å². The van der Waals surface area contributed by atoms with Gasteiger partial charge in [-0.3, -0.25) is 9.59 Å². The van der Waals surface area contributed by atoms with E-state index in [0.717, 1.165) is 11.3 Å². The molecule has 0 radical (unpaired) electrons. The minimum absolute atomic E-state index is 0.0624. The second kappa shape index (κ2) is 7.40. The predicted octanol–water partition coefficient (Wildman–Crippen LogP) is 1.20. The van der Waals surface area contributed by atoms with Crippen LogP contribution in [0.15, 0.2) is 17.5 Å². The van der Waals surface area contributed by atoms with Gasteiger partial charge in [-0.05, 0) is 24.3 Å². The third kappa shape index (κ3) is 3.80. The van der Waals surface area contributed by atoms with Crippen LogP contribution in [-0.4, -0.2) is 59.5 Å². The normalized spacial score (nSPS) is 15.4. The molecule has 1 aliphatic rings. The molecule has 0 saturated carbocycles. The van der Waals surface area contributed by atoms with Gasteiger partial charge in [-0.25, -0.2) is 0 Å². The largest absolute Gasteiger partial charge is 0.396 e. The molecule has 0 spiro atoms. The second-order valence-electron chi connectivity index (χ2n) is 4.83. The lowest BCUT2D eigenvalue weighted by Crippen LogP contribution is -2.50. The molecule has 2 heterocycles. The van der Waals surface area contributed by atoms with Gasteiger partial charge < -0.3 is 14.9 Å². The molecular weight excluding hydrogens is 276 g/mol. The fourth-order valence-electron chi connectivity index (χ4n) is 2.26. The Hall–Kier alpha value is -1.40. The van der Waals surface area contributed by atoms with Gasteiger partial charge in [0.25, 0.3) is 5.91 Å². The third-order valence-corrected chi connectivity index (χ3v) is 4.31. The first kappa shape index (κ1) is 15.0. The first-order valence-electron chi connectivity index (χ1n) is 6.94. The van der Waals surface area contributed by atoms with E-state index in [9.17, 15) is 9.59 Å². The molecule has 0 aromatic carbocycles. The van der Waals surface area contributed by atoms with Crippen LogP contribution in [-0.2, 0) is 4.79 Å². The Morgan fingerprint density at radius 2 is 1.85 bits per heavy atom. The lowest BCUT2D eigenvalue weighted by molar-refractivity contribution is -0.132. The molecule has 0 aliphatic carbocycles. The molecule has 2 rings (SSSR count). The Morgan fingerprint density at radius 1 is 1.15 bits per heavy atom. The van der Waals surface area contributed by atoms with E-state index in [4.69, 9.17) is 5.11 Å². The number of nitrogens with zero attached hydrogens (tertiary/aromatic N) is 2. The van der Waals surface area contributed by atoms with E-state index in [0.29, 0.717) is 39.0 Å². The average molecular weight is 296 g/mol. The highest BCUT2D eigenvalue weighted by Gasteiger charge is 2.24. The van der Waals surface area contributed by atoms with Crippen molar-refractivity contribution in [1.82, 2.24) is 9.80 Å². The fraction of sp³-hybridized carbons (Fsp3) is 0.571. The van der Waals surface area contributed by atoms with Crippen LogP contribution in [0.2, 0.25) is 0 Å². The molecule has 1 saturated heterocycles. The van der Waals surface area contributed by atoms with Gasteiger partial charge in [-0.15, -0.1) is 11.3 Å². The summed E-state index contributed by atoms with van der Waals surface area (Å²) in [4.78, 5) is 28.5. The first-order valence-corrected chi connectivity index (χ1v) is 7.81. The molecule has 0 atom stereocenters. The maximum absolute atomic E-state index is 12.2. The van der Waals surface area contributed by atoms with Crippen LogP contribution >= 0.6 is 11.3 Å². The number of carbonyl (C=O) groups excluding carboxylic acids is 2. The van der Waals surface area contributed by atoms with Crippen molar-refractivity contribution in [1.29, 1.82) is 0 Å². The van der Waals surface area contributed by atoms with Crippen molar-refractivity contribution in [3.05, 3.63) is 22.4 Å². The molecule has 110 valence electrons. The Bertz CT molecular complexity index is 439. The lowest BCUT2D eigenvalue weighted by atomic mass is 10.2. The topological polar surface area (TPSA) is 60.9 Å². The minimum atomic E-state index is 0.0624. The van der Waals surface area contributed by atoms with Gasteiger partial charge in [-0.2, -0.15) is 0 Å². The van der Waals surface area contributed by atoms with E-state index in [1.165, 1.54) is 11.3 Å². The van der Waals surface area contributed by atoms with Crippen LogP contribution < -0.4 is 0 Å². The molecule has 1 aliphatic heterocycles. The number of hydrogen-bond donors (Lipinski definition) is 1. The predicted molar refractivity (Wildman–Crippen MR) is 77.7 cm³/mol. The Labute approximate surface area is 122 Å². The van der Waals surface area contributed by atoms with Crippen LogP contribution in [0, 0.1) is 0 Å². The zero-order chi connectivity index (χ0) is 14.4. The fourth-order valence-corrected chi connectivity index (χ4v) is 2.95. The minimum Gasteiger partial charge on any atom is -0.396 e. The number of rotatable bonds is 5. The van der Waals surface area contributed by atoms with Gasteiger partial charge in [0.15, 0.2) is 0 Å². The van der Waals surface area contributed by atoms with Crippen molar-refractivity contribution in [2.45, 2.75) is 19.3 Å². The molecule has 6 heteroatoms. The lowest BCUT2D eigenvalue weighted by Gasteiger charge is -2.34. The highest BCUT2D eigenvalue weighted by atomic mass is 32.1. The number of piperazine rings is 1. The summed E-state index contributed by atoms with van der Waals surface area (Å²) in [7, 11) is 0. The SMILES string of the molecule is O=C(CCCCO)N1CCN(C(=O)c2cccs2)CC1. The van der Waals surface area contributed by atoms with E-state index in [-0.39, 0.29) is 18.4 Å². The molecule has 2 amide bonds. The van der Waals surface area contributed by atoms with Crippen LogP contribution in [0.3, 0.4) is 0 Å². The smallest absolute Gasteiger partial charge is 0.264 e. The van der Waals surface area contributed by atoms with E-state index in [2.05, 4.69) is 0 Å². The maximum Gasteiger partial charge on any atom is 0.264 e. The Morgan fingerprint density at radius 3 is 2.45 bits per heavy atom. The number of hydrogen-bond acceptors (Lipinski definition) is 4. The first-order chi connectivity index (χ1) is 9.72. The highest BCUT2D eigenvalue weighted by Crippen LogP contribution is 2.14. The summed E-state index contributed by atoms with van der Waals surface area (Å²) in [5, 5.41) is 10.6. The summed E-state index contributed by atoms with van der Waals surface area (Å²) in [5.74, 6) is 0.189. The monoisotopic (exact) mass is 296 g/mol. The number of unbranched alkanes of at least 4 members (excludes halogenated alkanes) is 1. The summed E-state index contributed by atoms with van der Waals surface area (Å²) >= 11 is 1.45. The number of aliphatic hydroxyl groups excluding tert-OH is 1. The summed E-state index contributed by atoms with van der Waals surface area (Å²) in [6.07, 6.45) is 1.88. The number of carbonyl (C=O) groups is 2. The van der Waals surface area contributed by atoms with Crippen LogP contribution in [0.1, 0.15) is 28.9 Å². The van der Waals surface area contributed by atoms with Gasteiger partial charge in [0.2, 0.25) is 5.91 Å². The zero-order valence-electron chi connectivity index (χ0n) is 11.5. The van der Waals surface area contributed by atoms with Crippen LogP contribution in [0.25, 0.3) is 0 Å². The molecule has 0 unspecified atom stereocenters. The molecule has 1 aromatic heterocycles. The van der Waals surface area contributed by atoms with Gasteiger partial charge >= 0.3 is 0 Å². The number of thiophene rings is 1. The summed E-state index contributed by atoms with van der Waals surface area (Å²) in [5.41, 5.74) is 0. The van der Waals surface area contributed by atoms with E-state index < -0.39 is 0 Å². The van der Waals surface area contributed by atoms with Gasteiger partial charge in [0, 0.05) is 39.2 Å². The Kier molecular flexibility index (Phi) is 5.55. The van der Waals surface area contributed by atoms with Crippen LogP contribution in [0.5, 0.6) is 0 Å². The van der Waals surface area contributed by atoms with Crippen molar-refractivity contribution >= 4 is 23.2 Å². The average Bonchev–Trinajstić information content (AvgIpc) is 3.01. The maximum atomic E-state index is 12.2. The van der Waals surface area contributed by atoms with Crippen molar-refractivity contribution in [2.24, 2.45) is 0 Å². The number of aliphatic hydroxyl groups is 1. The van der Waals surface area contributed by atoms with Crippen molar-refractivity contribution < 1.29 is 14.7 Å². The molecule has 20 heavy (non-hydrogen) atoms. The number of amides is 2. The quantitative estimate of drug-likeness (QED) is 0.830. The van der Waals surface area contributed by atoms with Crippen molar-refractivity contribution in [3.8, 4) is 0 Å². The van der Waals surface area contributed by atoms with E-state index in [1.807, 2.05) is 27.3 Å². The highest BCUT2D eigenvalue weighted by molar-refractivity contribution is 7.12. The molecule has 5 nitrogen and oxygen atoms in total. The summed E-state index contributed by atoms with van der Waals surface area (Å²) in [6, 6.07) is 3.71. The molecular formula is C14H20N2O3S. The summed E-state index contributed by atoms with van der Waals surface area (Å²) < 4.78 is 0. The third-order valence-electron chi connectivity index (χ3n) is 3.45. The van der Waals surface area contributed by atoms with Gasteiger partial charge in [0.05, 0.1) is 4.88 Å². The van der Waals surface area contributed by atoms with Gasteiger partial charge in [-0.1, -0.05) is 6.07 Å². The van der Waals surface area contributed by atoms with E-state index >= 15 is 0 Å². The van der Waals surface area contributed by atoms with E-state index in [1.54, 1.807) is 0 Å². The molecule has 1 N–H and O–H groups in total.